The van der Waals surface area contributed by atoms with E-state index in [0.29, 0.717) is 0 Å². The number of benzene rings is 1. The van der Waals surface area contributed by atoms with Crippen LogP contribution in [0.1, 0.15) is 30.1 Å². The highest BCUT2D eigenvalue weighted by Gasteiger charge is 2.18. The molecule has 1 atom stereocenters. The normalized spacial score (nSPS) is 11.9. The van der Waals surface area contributed by atoms with Gasteiger partial charge in [0, 0.05) is 12.5 Å². The van der Waals surface area contributed by atoms with Crippen LogP contribution in [0.2, 0.25) is 0 Å². The van der Waals surface area contributed by atoms with Crippen LogP contribution in [-0.4, -0.2) is 28.1 Å². The molecule has 1 unspecified atom stereocenters. The molecular weight excluding hydrogens is 241 g/mol. The number of phenols is 1. The second-order valence-corrected chi connectivity index (χ2v) is 3.94. The van der Waals surface area contributed by atoms with Crippen molar-refractivity contribution in [3.8, 4) is 5.75 Å². The SMILES string of the molecule is CC(CCC(=O)O)NC(=O)c1c(O)cccc1F. The highest BCUT2D eigenvalue weighted by molar-refractivity contribution is 5.97. The second kappa shape index (κ2) is 6.00. The molecule has 6 heteroatoms. The summed E-state index contributed by atoms with van der Waals surface area (Å²) < 4.78 is 13.4. The number of aromatic hydroxyl groups is 1. The largest absolute Gasteiger partial charge is 0.507 e. The van der Waals surface area contributed by atoms with E-state index in [0.717, 1.165) is 6.07 Å². The first-order valence-electron chi connectivity index (χ1n) is 5.42. The molecule has 98 valence electrons. The maximum atomic E-state index is 13.4. The third-order valence-corrected chi connectivity index (χ3v) is 2.39. The molecular formula is C12H14FNO4. The summed E-state index contributed by atoms with van der Waals surface area (Å²) in [6.45, 7) is 1.61. The van der Waals surface area contributed by atoms with Crippen LogP contribution in [0.3, 0.4) is 0 Å². The maximum absolute atomic E-state index is 13.4. The molecule has 0 aliphatic rings. The number of rotatable bonds is 5. The minimum Gasteiger partial charge on any atom is -0.507 e. The minimum absolute atomic E-state index is 0.0926. The third-order valence-electron chi connectivity index (χ3n) is 2.39. The van der Waals surface area contributed by atoms with Gasteiger partial charge in [0.1, 0.15) is 17.1 Å². The van der Waals surface area contributed by atoms with Crippen LogP contribution in [0.15, 0.2) is 18.2 Å². The minimum atomic E-state index is -0.968. The zero-order valence-electron chi connectivity index (χ0n) is 9.81. The summed E-state index contributed by atoms with van der Waals surface area (Å²) in [7, 11) is 0. The van der Waals surface area contributed by atoms with Gasteiger partial charge in [-0.3, -0.25) is 9.59 Å². The predicted molar refractivity (Wildman–Crippen MR) is 61.9 cm³/mol. The van der Waals surface area contributed by atoms with Crippen LogP contribution in [0.25, 0.3) is 0 Å². The molecule has 1 aromatic rings. The van der Waals surface area contributed by atoms with Crippen LogP contribution in [0, 0.1) is 5.82 Å². The first kappa shape index (κ1) is 14.0. The monoisotopic (exact) mass is 255 g/mol. The zero-order chi connectivity index (χ0) is 13.7. The number of carboxylic acids is 1. The van der Waals surface area contributed by atoms with Crippen LogP contribution < -0.4 is 5.32 Å². The molecule has 5 nitrogen and oxygen atoms in total. The lowest BCUT2D eigenvalue weighted by molar-refractivity contribution is -0.137. The van der Waals surface area contributed by atoms with Gasteiger partial charge in [-0.1, -0.05) is 6.07 Å². The van der Waals surface area contributed by atoms with Crippen LogP contribution in [0.4, 0.5) is 4.39 Å². The number of nitrogens with one attached hydrogen (secondary N) is 1. The molecule has 0 saturated heterocycles. The van der Waals surface area contributed by atoms with Crippen molar-refractivity contribution in [1.82, 2.24) is 5.32 Å². The Balaban J connectivity index is 2.68. The quantitative estimate of drug-likeness (QED) is 0.744. The first-order valence-corrected chi connectivity index (χ1v) is 5.42. The molecule has 18 heavy (non-hydrogen) atoms. The Labute approximate surface area is 103 Å². The fourth-order valence-corrected chi connectivity index (χ4v) is 1.45. The summed E-state index contributed by atoms with van der Waals surface area (Å²) in [5.74, 6) is -3.00. The molecule has 1 rings (SSSR count). The average molecular weight is 255 g/mol. The van der Waals surface area contributed by atoms with Gasteiger partial charge in [0.25, 0.3) is 5.91 Å². The Bertz CT molecular complexity index is 441. The van der Waals surface area contributed by atoms with E-state index >= 15 is 0 Å². The van der Waals surface area contributed by atoms with Gasteiger partial charge < -0.3 is 15.5 Å². The standard InChI is InChI=1S/C12H14FNO4/c1-7(5-6-10(16)17)14-12(18)11-8(13)3-2-4-9(11)15/h2-4,7,15H,5-6H2,1H3,(H,14,18)(H,16,17). The molecule has 0 spiro atoms. The van der Waals surface area contributed by atoms with E-state index in [4.69, 9.17) is 5.11 Å². The van der Waals surface area contributed by atoms with Crippen molar-refractivity contribution < 1.29 is 24.2 Å². The number of hydrogen-bond acceptors (Lipinski definition) is 3. The third kappa shape index (κ3) is 3.73. The average Bonchev–Trinajstić information content (AvgIpc) is 2.26. The van der Waals surface area contributed by atoms with Crippen LogP contribution in [0.5, 0.6) is 5.75 Å². The number of aliphatic carboxylic acids is 1. The van der Waals surface area contributed by atoms with E-state index in [2.05, 4.69) is 5.32 Å². The molecule has 0 aromatic heterocycles. The lowest BCUT2D eigenvalue weighted by Gasteiger charge is -2.13. The number of phenolic OH excluding ortho intramolecular Hbond substituents is 1. The van der Waals surface area contributed by atoms with Gasteiger partial charge in [0.15, 0.2) is 0 Å². The predicted octanol–water partition coefficient (Wildman–Crippen LogP) is 1.51. The molecule has 1 aromatic carbocycles. The van der Waals surface area contributed by atoms with Crippen LogP contribution >= 0.6 is 0 Å². The number of hydrogen-bond donors (Lipinski definition) is 3. The Kier molecular flexibility index (Phi) is 4.65. The topological polar surface area (TPSA) is 86.6 Å². The van der Waals surface area contributed by atoms with Crippen molar-refractivity contribution >= 4 is 11.9 Å². The maximum Gasteiger partial charge on any atom is 0.303 e. The fraction of sp³-hybridized carbons (Fsp3) is 0.333. The number of carbonyl (C=O) groups is 2. The van der Waals surface area contributed by atoms with E-state index in [1.54, 1.807) is 6.92 Å². The molecule has 0 saturated carbocycles. The van der Waals surface area contributed by atoms with Gasteiger partial charge >= 0.3 is 5.97 Å². The Hall–Kier alpha value is -2.11. The van der Waals surface area contributed by atoms with Crippen molar-refractivity contribution in [2.45, 2.75) is 25.8 Å². The highest BCUT2D eigenvalue weighted by atomic mass is 19.1. The lowest BCUT2D eigenvalue weighted by Crippen LogP contribution is -2.33. The van der Waals surface area contributed by atoms with Gasteiger partial charge in [-0.2, -0.15) is 0 Å². The van der Waals surface area contributed by atoms with E-state index in [1.807, 2.05) is 0 Å². The van der Waals surface area contributed by atoms with E-state index in [9.17, 15) is 19.1 Å². The highest BCUT2D eigenvalue weighted by Crippen LogP contribution is 2.19. The molecule has 0 aliphatic heterocycles. The van der Waals surface area contributed by atoms with Gasteiger partial charge in [-0.05, 0) is 25.5 Å². The van der Waals surface area contributed by atoms with Crippen molar-refractivity contribution in [2.75, 3.05) is 0 Å². The van der Waals surface area contributed by atoms with Gasteiger partial charge in [0.05, 0.1) is 0 Å². The molecule has 0 heterocycles. The zero-order valence-corrected chi connectivity index (χ0v) is 9.81. The number of carbonyl (C=O) groups excluding carboxylic acids is 1. The Morgan fingerprint density at radius 2 is 2.11 bits per heavy atom. The van der Waals surface area contributed by atoms with Gasteiger partial charge in [-0.15, -0.1) is 0 Å². The van der Waals surface area contributed by atoms with E-state index in [-0.39, 0.29) is 12.8 Å². The number of halogens is 1. The summed E-state index contributed by atoms with van der Waals surface area (Å²) in [5, 5.41) is 20.3. The second-order valence-electron chi connectivity index (χ2n) is 3.94. The Morgan fingerprint density at radius 1 is 1.44 bits per heavy atom. The van der Waals surface area contributed by atoms with Crippen molar-refractivity contribution in [3.63, 3.8) is 0 Å². The summed E-state index contributed by atoms with van der Waals surface area (Å²) in [6.07, 6.45) is 0.140. The van der Waals surface area contributed by atoms with E-state index in [1.165, 1.54) is 12.1 Å². The number of carboxylic acid groups (broad SMARTS) is 1. The Morgan fingerprint density at radius 3 is 2.67 bits per heavy atom. The molecule has 1 amide bonds. The van der Waals surface area contributed by atoms with Crippen molar-refractivity contribution in [1.29, 1.82) is 0 Å². The van der Waals surface area contributed by atoms with Crippen molar-refractivity contribution in [3.05, 3.63) is 29.6 Å². The molecule has 0 fully saturated rings. The lowest BCUT2D eigenvalue weighted by atomic mass is 10.1. The molecule has 0 aliphatic carbocycles. The molecule has 3 N–H and O–H groups in total. The summed E-state index contributed by atoms with van der Waals surface area (Å²) in [6, 6.07) is 3.14. The van der Waals surface area contributed by atoms with Gasteiger partial charge in [-0.25, -0.2) is 4.39 Å². The summed E-state index contributed by atoms with van der Waals surface area (Å²) in [4.78, 5) is 22.0. The fourth-order valence-electron chi connectivity index (χ4n) is 1.45. The molecule has 0 bridgehead atoms. The summed E-state index contributed by atoms with van der Waals surface area (Å²) in [5.41, 5.74) is -0.431. The van der Waals surface area contributed by atoms with E-state index < -0.39 is 35.0 Å². The smallest absolute Gasteiger partial charge is 0.303 e. The first-order chi connectivity index (χ1) is 8.41. The molecule has 0 radical (unpaired) electrons. The van der Waals surface area contributed by atoms with Crippen LogP contribution in [-0.2, 0) is 4.79 Å². The van der Waals surface area contributed by atoms with Gasteiger partial charge in [0.2, 0.25) is 0 Å². The summed E-state index contributed by atoms with van der Waals surface area (Å²) >= 11 is 0. The number of amides is 1. The van der Waals surface area contributed by atoms with Crippen molar-refractivity contribution in [2.24, 2.45) is 0 Å².